The number of nitrogens with zero attached hydrogens (tertiary/aromatic N) is 5. The summed E-state index contributed by atoms with van der Waals surface area (Å²) < 4.78 is 17.7. The number of aryl methyl sites for hydroxylation is 1. The summed E-state index contributed by atoms with van der Waals surface area (Å²) in [4.78, 5) is 57.2. The number of pyridine rings is 1. The Morgan fingerprint density at radius 2 is 2.17 bits per heavy atom. The van der Waals surface area contributed by atoms with Crippen molar-refractivity contribution in [1.29, 1.82) is 0 Å². The number of imidazole rings is 1. The van der Waals surface area contributed by atoms with Gasteiger partial charge in [-0.25, -0.2) is 19.2 Å². The summed E-state index contributed by atoms with van der Waals surface area (Å²) in [7, 11) is 1.28. The van der Waals surface area contributed by atoms with Crippen LogP contribution in [0.15, 0.2) is 57.3 Å². The molecule has 2 fully saturated rings. The summed E-state index contributed by atoms with van der Waals surface area (Å²) in [6.45, 7) is 1.86. The Labute approximate surface area is 279 Å². The summed E-state index contributed by atoms with van der Waals surface area (Å²) in [5.74, 6) is -1.87. The predicted octanol–water partition coefficient (Wildman–Crippen LogP) is 3.22. The van der Waals surface area contributed by atoms with Crippen LogP contribution in [-0.4, -0.2) is 78.5 Å². The van der Waals surface area contributed by atoms with Crippen molar-refractivity contribution in [2.24, 2.45) is 5.16 Å². The van der Waals surface area contributed by atoms with E-state index in [1.54, 1.807) is 11.6 Å². The molecule has 2 amide bonds. The second kappa shape index (κ2) is 12.3. The lowest BCUT2D eigenvalue weighted by molar-refractivity contribution is -0.675. The van der Waals surface area contributed by atoms with E-state index < -0.39 is 35.0 Å². The zero-order valence-corrected chi connectivity index (χ0v) is 27.5. The van der Waals surface area contributed by atoms with E-state index in [1.165, 1.54) is 41.6 Å². The van der Waals surface area contributed by atoms with E-state index in [-0.39, 0.29) is 28.0 Å². The number of fused-ring (bicyclic) bond motifs is 2. The maximum Gasteiger partial charge on any atom is 0.352 e. The maximum absolute atomic E-state index is 15.5. The number of hydrogen-bond acceptors (Lipinski definition) is 11. The van der Waals surface area contributed by atoms with Gasteiger partial charge < -0.3 is 26.0 Å². The number of carboxylic acids is 1. The fraction of sp³-hybridized carbons (Fsp3) is 0.300. The Hall–Kier alpha value is -4.48. The van der Waals surface area contributed by atoms with Crippen LogP contribution < -0.4 is 15.6 Å². The molecule has 1 saturated heterocycles. The molecule has 7 rings (SSSR count). The number of carbonyl (C=O) groups excluding carboxylic acids is 2. The van der Waals surface area contributed by atoms with Gasteiger partial charge in [-0.3, -0.25) is 14.5 Å². The van der Waals surface area contributed by atoms with Crippen LogP contribution in [0, 0.1) is 12.7 Å². The zero-order valence-electron chi connectivity index (χ0n) is 25.0. The molecule has 5 heterocycles. The van der Waals surface area contributed by atoms with Gasteiger partial charge in [-0.2, -0.15) is 4.57 Å². The lowest BCUT2D eigenvalue weighted by Crippen LogP contribution is -2.71. The van der Waals surface area contributed by atoms with Crippen molar-refractivity contribution in [1.82, 2.24) is 25.2 Å². The minimum absolute atomic E-state index is 0.107. The second-order valence-corrected chi connectivity index (χ2v) is 14.2. The molecule has 13 nitrogen and oxygen atoms in total. The van der Waals surface area contributed by atoms with Gasteiger partial charge in [0.2, 0.25) is 5.52 Å². The summed E-state index contributed by atoms with van der Waals surface area (Å²) in [5, 5.41) is 18.5. The molecule has 242 valence electrons. The molecule has 1 unspecified atom stereocenters. The number of thiazole rings is 1. The molecule has 0 spiro atoms. The Kier molecular flexibility index (Phi) is 8.13. The Morgan fingerprint density at radius 1 is 1.36 bits per heavy atom. The molecule has 2 aliphatic heterocycles. The summed E-state index contributed by atoms with van der Waals surface area (Å²) in [6, 6.07) is 4.61. The van der Waals surface area contributed by atoms with E-state index >= 15 is 4.39 Å². The fourth-order valence-corrected chi connectivity index (χ4v) is 8.75. The van der Waals surface area contributed by atoms with Gasteiger partial charge in [0.1, 0.15) is 41.6 Å². The number of rotatable bonds is 10. The first-order valence-corrected chi connectivity index (χ1v) is 17.4. The third-order valence-electron chi connectivity index (χ3n) is 8.01. The van der Waals surface area contributed by atoms with Crippen LogP contribution in [0.2, 0.25) is 0 Å². The molecule has 47 heavy (non-hydrogen) atoms. The first-order valence-electron chi connectivity index (χ1n) is 14.5. The molecular formula is C30H28FN8O5S3+. The lowest BCUT2D eigenvalue weighted by Gasteiger charge is -2.49. The summed E-state index contributed by atoms with van der Waals surface area (Å²) >= 11 is 3.87. The van der Waals surface area contributed by atoms with Gasteiger partial charge in [0.25, 0.3) is 11.8 Å². The van der Waals surface area contributed by atoms with Gasteiger partial charge in [-0.1, -0.05) is 5.16 Å². The van der Waals surface area contributed by atoms with E-state index in [9.17, 15) is 19.5 Å². The van der Waals surface area contributed by atoms with Crippen molar-refractivity contribution >= 4 is 74.4 Å². The van der Waals surface area contributed by atoms with Gasteiger partial charge in [0, 0.05) is 58.6 Å². The predicted molar refractivity (Wildman–Crippen MR) is 175 cm³/mol. The average molecular weight is 696 g/mol. The standard InChI is InChI=1S/C30H27FN8O5S3/c1-13-9-33-25(34-13)16-8-20-17(7-18(16)31)21(5-6-38(20)15-3-4-15)45-10-14-11-46-28-23(27(41)39(28)24(14)29(42)43)36-26(40)22(37-44-2)19-12-47-30(32)35-19/h5-9,12,15,23,28H,3-4,10-11H2,1-2H3,(H4,32,35,36,40,42,43)/p+1/b37-22-/t23?,28-/m1/s1. The Morgan fingerprint density at radius 3 is 2.83 bits per heavy atom. The van der Waals surface area contributed by atoms with Crippen LogP contribution in [0.5, 0.6) is 0 Å². The molecule has 1 aromatic carbocycles. The number of thioether (sulfide) groups is 2. The maximum atomic E-state index is 15.5. The van der Waals surface area contributed by atoms with E-state index in [0.717, 1.165) is 40.3 Å². The fourth-order valence-electron chi connectivity index (χ4n) is 5.68. The normalized spacial score (nSPS) is 19.5. The number of H-pyrrole nitrogens is 1. The van der Waals surface area contributed by atoms with Crippen molar-refractivity contribution in [3.63, 3.8) is 0 Å². The largest absolute Gasteiger partial charge is 0.477 e. The van der Waals surface area contributed by atoms with Crippen molar-refractivity contribution in [2.45, 2.75) is 42.1 Å². The molecule has 1 aliphatic carbocycles. The number of aromatic nitrogens is 4. The van der Waals surface area contributed by atoms with Crippen molar-refractivity contribution < 1.29 is 33.3 Å². The Bertz CT molecular complexity index is 2020. The number of oxime groups is 1. The van der Waals surface area contributed by atoms with Gasteiger partial charge in [-0.05, 0) is 18.6 Å². The van der Waals surface area contributed by atoms with Crippen molar-refractivity contribution in [2.75, 3.05) is 24.3 Å². The monoisotopic (exact) mass is 695 g/mol. The number of carboxylic acid groups (broad SMARTS) is 1. The van der Waals surface area contributed by atoms with Crippen LogP contribution in [0.1, 0.15) is 30.3 Å². The highest BCUT2D eigenvalue weighted by atomic mass is 32.2. The van der Waals surface area contributed by atoms with E-state index in [0.29, 0.717) is 34.1 Å². The van der Waals surface area contributed by atoms with Gasteiger partial charge in [0.15, 0.2) is 23.1 Å². The topological polar surface area (TPSA) is 180 Å². The minimum Gasteiger partial charge on any atom is -0.477 e. The number of nitrogen functional groups attached to an aromatic ring is 1. The number of nitrogens with two attached hydrogens (primary N) is 1. The lowest BCUT2D eigenvalue weighted by atomic mass is 10.0. The van der Waals surface area contributed by atoms with Crippen LogP contribution in [0.4, 0.5) is 9.52 Å². The van der Waals surface area contributed by atoms with Gasteiger partial charge >= 0.3 is 5.97 Å². The van der Waals surface area contributed by atoms with E-state index in [1.807, 2.05) is 25.3 Å². The number of β-lactam (4-membered cyclic amide) rings is 1. The second-order valence-electron chi connectivity index (χ2n) is 11.2. The summed E-state index contributed by atoms with van der Waals surface area (Å²) in [5.41, 5.74) is 8.25. The molecule has 2 atom stereocenters. The van der Waals surface area contributed by atoms with Crippen LogP contribution >= 0.6 is 34.9 Å². The number of aliphatic carboxylic acids is 1. The van der Waals surface area contributed by atoms with Crippen LogP contribution in [0.25, 0.3) is 22.3 Å². The molecule has 5 N–H and O–H groups in total. The Balaban J connectivity index is 1.13. The SMILES string of the molecule is CO/N=C(\C(=O)NC1C(=O)N2C(C(=O)O)=C(CSc3cc[n+](C4CC4)c4cc(-c5ncc(C)[nH]5)c(F)cc34)CS[C@H]12)c1csc(N)n1. The number of halogens is 1. The van der Waals surface area contributed by atoms with Crippen LogP contribution in [0.3, 0.4) is 0 Å². The molecule has 3 aliphatic rings. The highest BCUT2D eigenvalue weighted by molar-refractivity contribution is 8.01. The molecule has 3 aromatic heterocycles. The number of nitrogens with one attached hydrogen (secondary N) is 2. The first-order chi connectivity index (χ1) is 22.6. The number of benzene rings is 1. The number of carbonyl (C=O) groups is 3. The number of aromatic amines is 1. The average Bonchev–Trinajstić information content (AvgIpc) is 3.66. The highest BCUT2D eigenvalue weighted by Gasteiger charge is 2.54. The first kappa shape index (κ1) is 31.1. The summed E-state index contributed by atoms with van der Waals surface area (Å²) in [6.07, 6.45) is 5.73. The zero-order chi connectivity index (χ0) is 33.0. The quantitative estimate of drug-likeness (QED) is 0.0633. The van der Waals surface area contributed by atoms with Gasteiger partial charge in [0.05, 0.1) is 10.9 Å². The van der Waals surface area contributed by atoms with Crippen molar-refractivity contribution in [3.8, 4) is 11.4 Å². The molecule has 0 radical (unpaired) electrons. The molecule has 0 bridgehead atoms. The third kappa shape index (κ3) is 5.72. The molecule has 4 aromatic rings. The van der Waals surface area contributed by atoms with Gasteiger partial charge in [-0.15, -0.1) is 34.9 Å². The smallest absolute Gasteiger partial charge is 0.352 e. The third-order valence-corrected chi connectivity index (χ3v) is 11.2. The van der Waals surface area contributed by atoms with E-state index in [4.69, 9.17) is 10.6 Å². The van der Waals surface area contributed by atoms with E-state index in [2.05, 4.69) is 30.0 Å². The number of hydrogen-bond donors (Lipinski definition) is 4. The van der Waals surface area contributed by atoms with Crippen LogP contribution in [-0.2, 0) is 19.2 Å². The molecule has 17 heteroatoms. The number of anilines is 1. The number of amides is 2. The minimum atomic E-state index is -1.24. The molecule has 1 saturated carbocycles. The molecular weight excluding hydrogens is 668 g/mol. The van der Waals surface area contributed by atoms with Crippen molar-refractivity contribution in [3.05, 3.63) is 64.4 Å². The highest BCUT2D eigenvalue weighted by Crippen LogP contribution is 2.43.